The summed E-state index contributed by atoms with van der Waals surface area (Å²) < 4.78 is 8.23. The molecule has 0 fully saturated rings. The number of aromatic nitrogens is 2. The van der Waals surface area contributed by atoms with Crippen molar-refractivity contribution in [2.45, 2.75) is 13.1 Å². The molecule has 2 heterocycles. The molecule has 0 saturated carbocycles. The number of halogens is 1. The maximum Gasteiger partial charge on any atom is 0.203 e. The van der Waals surface area contributed by atoms with Crippen LogP contribution < -0.4 is 5.32 Å². The number of methoxy groups -OCH3 is 1. The van der Waals surface area contributed by atoms with Crippen molar-refractivity contribution in [1.82, 2.24) is 9.55 Å². The van der Waals surface area contributed by atoms with E-state index in [0.29, 0.717) is 6.61 Å². The predicted molar refractivity (Wildman–Crippen MR) is 73.4 cm³/mol. The molecule has 0 amide bonds. The summed E-state index contributed by atoms with van der Waals surface area (Å²) in [6.45, 7) is 2.29. The molecule has 1 N–H and O–H groups in total. The molecule has 17 heavy (non-hydrogen) atoms. The topological polar surface area (TPSA) is 39.1 Å². The van der Waals surface area contributed by atoms with Crippen molar-refractivity contribution >= 4 is 33.2 Å². The summed E-state index contributed by atoms with van der Waals surface area (Å²) in [4.78, 5) is 5.56. The van der Waals surface area contributed by atoms with Gasteiger partial charge in [-0.25, -0.2) is 4.98 Å². The molecule has 0 aliphatic heterocycles. The molecule has 0 saturated heterocycles. The van der Waals surface area contributed by atoms with Gasteiger partial charge in [-0.3, -0.25) is 0 Å². The number of hydrogen-bond donors (Lipinski definition) is 1. The maximum atomic E-state index is 5.06. The van der Waals surface area contributed by atoms with Gasteiger partial charge < -0.3 is 14.6 Å². The van der Waals surface area contributed by atoms with Crippen LogP contribution in [-0.4, -0.2) is 23.3 Å². The maximum absolute atomic E-state index is 5.06. The monoisotopic (exact) mass is 315 g/mol. The Hall–Kier alpha value is -0.850. The van der Waals surface area contributed by atoms with E-state index in [2.05, 4.69) is 37.7 Å². The average molecular weight is 316 g/mol. The molecule has 0 atom stereocenters. The summed E-state index contributed by atoms with van der Waals surface area (Å²) in [5.41, 5.74) is 0. The molecule has 0 bridgehead atoms. The lowest BCUT2D eigenvalue weighted by molar-refractivity contribution is 0.187. The Morgan fingerprint density at radius 2 is 2.47 bits per heavy atom. The van der Waals surface area contributed by atoms with E-state index in [9.17, 15) is 0 Å². The smallest absolute Gasteiger partial charge is 0.203 e. The van der Waals surface area contributed by atoms with Crippen LogP contribution in [0.4, 0.5) is 5.95 Å². The van der Waals surface area contributed by atoms with Gasteiger partial charge in [0.05, 0.1) is 13.2 Å². The minimum absolute atomic E-state index is 0.690. The molecule has 0 aliphatic carbocycles. The highest BCUT2D eigenvalue weighted by Crippen LogP contribution is 2.20. The Morgan fingerprint density at radius 3 is 3.18 bits per heavy atom. The van der Waals surface area contributed by atoms with Crippen LogP contribution in [0, 0.1) is 0 Å². The van der Waals surface area contributed by atoms with Gasteiger partial charge in [0, 0.05) is 40.8 Å². The summed E-state index contributed by atoms with van der Waals surface area (Å²) >= 11 is 5.17. The predicted octanol–water partition coefficient (Wildman–Crippen LogP) is 2.97. The first-order valence-electron chi connectivity index (χ1n) is 5.26. The zero-order chi connectivity index (χ0) is 12.1. The van der Waals surface area contributed by atoms with Gasteiger partial charge in [0.25, 0.3) is 0 Å². The molecule has 0 unspecified atom stereocenters. The molecule has 4 nitrogen and oxygen atoms in total. The standard InChI is InChI=1S/C11H14BrN3OS/c1-16-5-4-15-3-2-13-11(15)14-7-10-6-9(12)8-17-10/h2-3,6,8H,4-5,7H2,1H3,(H,13,14). The van der Waals surface area contributed by atoms with Gasteiger partial charge in [-0.05, 0) is 22.0 Å². The SMILES string of the molecule is COCCn1ccnc1NCc1cc(Br)cs1. The lowest BCUT2D eigenvalue weighted by Gasteiger charge is -2.08. The van der Waals surface area contributed by atoms with E-state index in [1.165, 1.54) is 4.88 Å². The van der Waals surface area contributed by atoms with Crippen LogP contribution in [-0.2, 0) is 17.8 Å². The lowest BCUT2D eigenvalue weighted by Crippen LogP contribution is -2.09. The first-order valence-corrected chi connectivity index (χ1v) is 6.93. The van der Waals surface area contributed by atoms with E-state index in [1.54, 1.807) is 24.6 Å². The average Bonchev–Trinajstić information content (AvgIpc) is 2.92. The van der Waals surface area contributed by atoms with E-state index in [-0.39, 0.29) is 0 Å². The molecular weight excluding hydrogens is 302 g/mol. The minimum atomic E-state index is 0.690. The van der Waals surface area contributed by atoms with Gasteiger partial charge in [-0.1, -0.05) is 0 Å². The number of anilines is 1. The largest absolute Gasteiger partial charge is 0.383 e. The molecule has 6 heteroatoms. The molecule has 0 aromatic carbocycles. The van der Waals surface area contributed by atoms with Crippen molar-refractivity contribution in [2.75, 3.05) is 19.0 Å². The van der Waals surface area contributed by atoms with Crippen molar-refractivity contribution < 1.29 is 4.74 Å². The molecule has 2 aromatic rings. The Morgan fingerprint density at radius 1 is 1.59 bits per heavy atom. The fourth-order valence-corrected chi connectivity index (χ4v) is 2.85. The Labute approximate surface area is 113 Å². The summed E-state index contributed by atoms with van der Waals surface area (Å²) in [5, 5.41) is 5.40. The minimum Gasteiger partial charge on any atom is -0.383 e. The van der Waals surface area contributed by atoms with Gasteiger partial charge in [-0.2, -0.15) is 0 Å². The van der Waals surface area contributed by atoms with Crippen LogP contribution in [0.15, 0.2) is 28.3 Å². The van der Waals surface area contributed by atoms with Gasteiger partial charge in [0.2, 0.25) is 5.95 Å². The van der Waals surface area contributed by atoms with Crippen molar-refractivity contribution in [3.8, 4) is 0 Å². The van der Waals surface area contributed by atoms with Crippen molar-refractivity contribution in [1.29, 1.82) is 0 Å². The Kier molecular flexibility index (Phi) is 4.58. The van der Waals surface area contributed by atoms with Gasteiger partial charge in [0.15, 0.2) is 0 Å². The van der Waals surface area contributed by atoms with E-state index in [1.807, 2.05) is 10.8 Å². The van der Waals surface area contributed by atoms with Gasteiger partial charge >= 0.3 is 0 Å². The third kappa shape index (κ3) is 3.55. The number of nitrogens with zero attached hydrogens (tertiary/aromatic N) is 2. The lowest BCUT2D eigenvalue weighted by atomic mass is 10.5. The number of nitrogens with one attached hydrogen (secondary N) is 1. The number of hydrogen-bond acceptors (Lipinski definition) is 4. The zero-order valence-electron chi connectivity index (χ0n) is 9.52. The first-order chi connectivity index (χ1) is 8.29. The fourth-order valence-electron chi connectivity index (χ4n) is 1.46. The fraction of sp³-hybridized carbons (Fsp3) is 0.364. The zero-order valence-corrected chi connectivity index (χ0v) is 11.9. The molecule has 2 aromatic heterocycles. The van der Waals surface area contributed by atoms with E-state index < -0.39 is 0 Å². The van der Waals surface area contributed by atoms with E-state index in [0.717, 1.165) is 23.5 Å². The Bertz CT molecular complexity index is 469. The Balaban J connectivity index is 1.92. The van der Waals surface area contributed by atoms with Gasteiger partial charge in [0.1, 0.15) is 0 Å². The molecule has 0 spiro atoms. The second-order valence-corrected chi connectivity index (χ2v) is 5.43. The molecule has 0 radical (unpaired) electrons. The van der Waals surface area contributed by atoms with Crippen LogP contribution in [0.2, 0.25) is 0 Å². The highest BCUT2D eigenvalue weighted by molar-refractivity contribution is 9.10. The third-order valence-electron chi connectivity index (χ3n) is 2.29. The first kappa shape index (κ1) is 12.6. The van der Waals surface area contributed by atoms with Crippen LogP contribution in [0.25, 0.3) is 0 Å². The van der Waals surface area contributed by atoms with E-state index in [4.69, 9.17) is 4.74 Å². The normalized spacial score (nSPS) is 10.7. The molecular formula is C11H14BrN3OS. The summed E-state index contributed by atoms with van der Waals surface area (Å²) in [6.07, 6.45) is 3.74. The quantitative estimate of drug-likeness (QED) is 0.890. The van der Waals surface area contributed by atoms with Crippen LogP contribution >= 0.6 is 27.3 Å². The summed E-state index contributed by atoms with van der Waals surface area (Å²) in [5.74, 6) is 0.881. The highest BCUT2D eigenvalue weighted by atomic mass is 79.9. The molecule has 2 rings (SSSR count). The summed E-state index contributed by atoms with van der Waals surface area (Å²) in [6, 6.07) is 2.11. The molecule has 92 valence electrons. The molecule has 0 aliphatic rings. The highest BCUT2D eigenvalue weighted by Gasteiger charge is 2.03. The number of imidazole rings is 1. The van der Waals surface area contributed by atoms with E-state index >= 15 is 0 Å². The van der Waals surface area contributed by atoms with Crippen molar-refractivity contribution in [3.05, 3.63) is 33.2 Å². The van der Waals surface area contributed by atoms with Crippen LogP contribution in [0.3, 0.4) is 0 Å². The number of ether oxygens (including phenoxy) is 1. The third-order valence-corrected chi connectivity index (χ3v) is 3.99. The van der Waals surface area contributed by atoms with Crippen molar-refractivity contribution in [2.24, 2.45) is 0 Å². The van der Waals surface area contributed by atoms with Gasteiger partial charge in [-0.15, -0.1) is 11.3 Å². The van der Waals surface area contributed by atoms with Crippen LogP contribution in [0.1, 0.15) is 4.88 Å². The number of rotatable bonds is 6. The summed E-state index contributed by atoms with van der Waals surface area (Å²) in [7, 11) is 1.70. The van der Waals surface area contributed by atoms with Crippen LogP contribution in [0.5, 0.6) is 0 Å². The van der Waals surface area contributed by atoms with Crippen molar-refractivity contribution in [3.63, 3.8) is 0 Å². The second kappa shape index (κ2) is 6.18. The second-order valence-electron chi connectivity index (χ2n) is 3.52. The number of thiophene rings is 1.